The van der Waals surface area contributed by atoms with E-state index in [9.17, 15) is 9.59 Å². The van der Waals surface area contributed by atoms with Crippen LogP contribution in [0.4, 0.5) is 0 Å². The molecule has 104 valence electrons. The Hall–Kier alpha value is -1.49. The van der Waals surface area contributed by atoms with E-state index in [0.29, 0.717) is 6.61 Å². The van der Waals surface area contributed by atoms with E-state index in [-0.39, 0.29) is 11.2 Å². The van der Waals surface area contributed by atoms with Crippen LogP contribution in [0.25, 0.3) is 0 Å². The molecule has 1 N–H and O–H groups in total. The second kappa shape index (κ2) is 7.84. The van der Waals surface area contributed by atoms with Crippen molar-refractivity contribution in [2.24, 2.45) is 0 Å². The molecule has 0 bridgehead atoms. The van der Waals surface area contributed by atoms with E-state index in [0.717, 1.165) is 4.90 Å². The lowest BCUT2D eigenvalue weighted by Crippen LogP contribution is -2.46. The standard InChI is InChI=1S/C14H19NO3S/c1-4-18-14(17)13(15-11(3)16)10(2)19-12-8-6-5-7-9-12/h5-10,13H,4H2,1-3H3,(H,15,16). The van der Waals surface area contributed by atoms with E-state index >= 15 is 0 Å². The maximum Gasteiger partial charge on any atom is 0.329 e. The van der Waals surface area contributed by atoms with E-state index < -0.39 is 12.0 Å². The van der Waals surface area contributed by atoms with Crippen molar-refractivity contribution in [1.29, 1.82) is 0 Å². The fourth-order valence-electron chi connectivity index (χ4n) is 1.60. The van der Waals surface area contributed by atoms with Crippen molar-refractivity contribution >= 4 is 23.6 Å². The van der Waals surface area contributed by atoms with Gasteiger partial charge in [-0.15, -0.1) is 11.8 Å². The summed E-state index contributed by atoms with van der Waals surface area (Å²) >= 11 is 1.53. The van der Waals surface area contributed by atoms with Crippen LogP contribution in [0, 0.1) is 0 Å². The molecule has 0 fully saturated rings. The maximum absolute atomic E-state index is 11.9. The largest absolute Gasteiger partial charge is 0.464 e. The predicted octanol–water partition coefficient (Wildman–Crippen LogP) is 2.24. The molecule has 1 rings (SSSR count). The number of carbonyl (C=O) groups excluding carboxylic acids is 2. The Morgan fingerprint density at radius 2 is 1.95 bits per heavy atom. The van der Waals surface area contributed by atoms with E-state index in [1.807, 2.05) is 37.3 Å². The van der Waals surface area contributed by atoms with Gasteiger partial charge in [0.2, 0.25) is 5.91 Å². The van der Waals surface area contributed by atoms with Crippen LogP contribution in [0.3, 0.4) is 0 Å². The van der Waals surface area contributed by atoms with Crippen molar-refractivity contribution in [1.82, 2.24) is 5.32 Å². The molecule has 0 saturated heterocycles. The number of benzene rings is 1. The van der Waals surface area contributed by atoms with E-state index in [1.54, 1.807) is 6.92 Å². The topological polar surface area (TPSA) is 55.4 Å². The molecule has 0 aliphatic heterocycles. The molecule has 1 aromatic carbocycles. The third-order valence-electron chi connectivity index (χ3n) is 2.43. The second-order valence-electron chi connectivity index (χ2n) is 4.07. The summed E-state index contributed by atoms with van der Waals surface area (Å²) in [6, 6.07) is 9.11. The highest BCUT2D eigenvalue weighted by atomic mass is 32.2. The van der Waals surface area contributed by atoms with Crippen molar-refractivity contribution in [3.05, 3.63) is 30.3 Å². The zero-order valence-electron chi connectivity index (χ0n) is 11.4. The van der Waals surface area contributed by atoms with Gasteiger partial charge in [0.1, 0.15) is 6.04 Å². The lowest BCUT2D eigenvalue weighted by Gasteiger charge is -2.22. The number of carbonyl (C=O) groups is 2. The number of rotatable bonds is 6. The first kappa shape index (κ1) is 15.6. The van der Waals surface area contributed by atoms with Crippen LogP contribution >= 0.6 is 11.8 Å². The molecule has 0 heterocycles. The van der Waals surface area contributed by atoms with Crippen LogP contribution in [-0.2, 0) is 14.3 Å². The van der Waals surface area contributed by atoms with Crippen LogP contribution in [0.15, 0.2) is 35.2 Å². The van der Waals surface area contributed by atoms with Gasteiger partial charge in [-0.05, 0) is 19.1 Å². The van der Waals surface area contributed by atoms with Gasteiger partial charge in [0.05, 0.1) is 6.61 Å². The van der Waals surface area contributed by atoms with Crippen molar-refractivity contribution < 1.29 is 14.3 Å². The quantitative estimate of drug-likeness (QED) is 0.642. The zero-order chi connectivity index (χ0) is 14.3. The van der Waals surface area contributed by atoms with Gasteiger partial charge in [-0.3, -0.25) is 4.79 Å². The molecule has 0 spiro atoms. The van der Waals surface area contributed by atoms with Gasteiger partial charge in [-0.2, -0.15) is 0 Å². The first-order valence-electron chi connectivity index (χ1n) is 6.20. The summed E-state index contributed by atoms with van der Waals surface area (Å²) in [7, 11) is 0. The van der Waals surface area contributed by atoms with Crippen molar-refractivity contribution in [2.45, 2.75) is 37.0 Å². The normalized spacial score (nSPS) is 13.4. The van der Waals surface area contributed by atoms with Gasteiger partial charge in [-0.25, -0.2) is 4.79 Å². The Labute approximate surface area is 117 Å². The molecular formula is C14H19NO3S. The molecule has 1 amide bonds. The molecule has 2 atom stereocenters. The van der Waals surface area contributed by atoms with Crippen LogP contribution in [0.1, 0.15) is 20.8 Å². The summed E-state index contributed by atoms with van der Waals surface area (Å²) < 4.78 is 5.00. The number of amides is 1. The molecule has 0 aromatic heterocycles. The number of ether oxygens (including phenoxy) is 1. The summed E-state index contributed by atoms with van der Waals surface area (Å²) in [5, 5.41) is 2.54. The molecule has 1 aromatic rings. The summed E-state index contributed by atoms with van der Waals surface area (Å²) in [5.41, 5.74) is 0. The number of esters is 1. The van der Waals surface area contributed by atoms with E-state index in [4.69, 9.17) is 4.74 Å². The number of hydrogen-bond acceptors (Lipinski definition) is 4. The molecular weight excluding hydrogens is 262 g/mol. The lowest BCUT2D eigenvalue weighted by atomic mass is 10.2. The van der Waals surface area contributed by atoms with Crippen LogP contribution in [-0.4, -0.2) is 29.8 Å². The minimum atomic E-state index is -0.636. The Morgan fingerprint density at radius 1 is 1.32 bits per heavy atom. The molecule has 0 aliphatic rings. The molecule has 2 unspecified atom stereocenters. The zero-order valence-corrected chi connectivity index (χ0v) is 12.2. The summed E-state index contributed by atoms with van der Waals surface area (Å²) in [6.45, 7) is 5.34. The fraction of sp³-hybridized carbons (Fsp3) is 0.429. The van der Waals surface area contributed by atoms with Crippen molar-refractivity contribution in [3.8, 4) is 0 Å². The molecule has 0 aliphatic carbocycles. The third kappa shape index (κ3) is 5.34. The van der Waals surface area contributed by atoms with Crippen LogP contribution < -0.4 is 5.32 Å². The average Bonchev–Trinajstić information content (AvgIpc) is 2.37. The summed E-state index contributed by atoms with van der Waals surface area (Å²) in [6.07, 6.45) is 0. The SMILES string of the molecule is CCOC(=O)C(NC(C)=O)C(C)Sc1ccccc1. The number of nitrogens with one attached hydrogen (secondary N) is 1. The maximum atomic E-state index is 11.9. The molecule has 19 heavy (non-hydrogen) atoms. The molecule has 0 radical (unpaired) electrons. The average molecular weight is 281 g/mol. The number of thioether (sulfide) groups is 1. The molecule has 4 nitrogen and oxygen atoms in total. The lowest BCUT2D eigenvalue weighted by molar-refractivity contribution is -0.147. The summed E-state index contributed by atoms with van der Waals surface area (Å²) in [5.74, 6) is -0.632. The Bertz CT molecular complexity index is 422. The smallest absolute Gasteiger partial charge is 0.329 e. The van der Waals surface area contributed by atoms with Gasteiger partial charge >= 0.3 is 5.97 Å². The van der Waals surface area contributed by atoms with Gasteiger partial charge in [0, 0.05) is 17.1 Å². The van der Waals surface area contributed by atoms with Crippen LogP contribution in [0.2, 0.25) is 0 Å². The minimum absolute atomic E-state index is 0.106. The van der Waals surface area contributed by atoms with Crippen LogP contribution in [0.5, 0.6) is 0 Å². The van der Waals surface area contributed by atoms with E-state index in [1.165, 1.54) is 18.7 Å². The Kier molecular flexibility index (Phi) is 6.42. The highest BCUT2D eigenvalue weighted by molar-refractivity contribution is 8.00. The van der Waals surface area contributed by atoms with Crippen molar-refractivity contribution in [3.63, 3.8) is 0 Å². The minimum Gasteiger partial charge on any atom is -0.464 e. The van der Waals surface area contributed by atoms with Gasteiger partial charge in [0.25, 0.3) is 0 Å². The van der Waals surface area contributed by atoms with E-state index in [2.05, 4.69) is 5.32 Å². The highest BCUT2D eigenvalue weighted by Crippen LogP contribution is 2.25. The highest BCUT2D eigenvalue weighted by Gasteiger charge is 2.27. The fourth-order valence-corrected chi connectivity index (χ4v) is 2.66. The molecule has 5 heteroatoms. The van der Waals surface area contributed by atoms with Crippen molar-refractivity contribution in [2.75, 3.05) is 6.61 Å². The Morgan fingerprint density at radius 3 is 2.47 bits per heavy atom. The predicted molar refractivity (Wildman–Crippen MR) is 76.0 cm³/mol. The Balaban J connectivity index is 2.73. The van der Waals surface area contributed by atoms with Gasteiger partial charge in [-0.1, -0.05) is 25.1 Å². The number of hydrogen-bond donors (Lipinski definition) is 1. The second-order valence-corrected chi connectivity index (χ2v) is 5.52. The monoisotopic (exact) mass is 281 g/mol. The van der Waals surface area contributed by atoms with Gasteiger partial charge < -0.3 is 10.1 Å². The summed E-state index contributed by atoms with van der Waals surface area (Å²) in [4.78, 5) is 24.1. The third-order valence-corrected chi connectivity index (χ3v) is 3.62. The van der Waals surface area contributed by atoms with Gasteiger partial charge in [0.15, 0.2) is 0 Å². The molecule has 0 saturated carbocycles. The first-order valence-corrected chi connectivity index (χ1v) is 7.08. The first-order chi connectivity index (χ1) is 9.04.